The van der Waals surface area contributed by atoms with Crippen LogP contribution in [0.25, 0.3) is 11.0 Å². The second-order valence-corrected chi connectivity index (χ2v) is 6.31. The molecule has 0 atom stereocenters. The van der Waals surface area contributed by atoms with E-state index in [4.69, 9.17) is 9.47 Å². The van der Waals surface area contributed by atoms with E-state index in [-0.39, 0.29) is 29.7 Å². The summed E-state index contributed by atoms with van der Waals surface area (Å²) in [4.78, 5) is 43.8. The summed E-state index contributed by atoms with van der Waals surface area (Å²) in [7, 11) is 1.51. The predicted octanol–water partition coefficient (Wildman–Crippen LogP) is 1.69. The van der Waals surface area contributed by atoms with E-state index in [1.54, 1.807) is 31.2 Å². The van der Waals surface area contributed by atoms with E-state index in [2.05, 4.69) is 15.3 Å². The first-order chi connectivity index (χ1) is 13.9. The summed E-state index contributed by atoms with van der Waals surface area (Å²) in [5, 5.41) is 2.93. The number of benzene rings is 1. The summed E-state index contributed by atoms with van der Waals surface area (Å²) in [6.45, 7) is 4.60. The number of hydrogen-bond acceptors (Lipinski definition) is 6. The van der Waals surface area contributed by atoms with Crippen LogP contribution in [-0.4, -0.2) is 40.8 Å². The van der Waals surface area contributed by atoms with Crippen LogP contribution in [0.3, 0.4) is 0 Å². The zero-order valence-electron chi connectivity index (χ0n) is 16.4. The van der Waals surface area contributed by atoms with Crippen LogP contribution >= 0.6 is 0 Å². The first-order valence-electron chi connectivity index (χ1n) is 9.12. The summed E-state index contributed by atoms with van der Waals surface area (Å²) in [5.41, 5.74) is 0.271. The van der Waals surface area contributed by atoms with Gasteiger partial charge in [-0.3, -0.25) is 19.1 Å². The topological polar surface area (TPSA) is 115 Å². The average Bonchev–Trinajstić information content (AvgIpc) is 2.69. The number of anilines is 1. The molecule has 0 bridgehead atoms. The number of carbonyl (C=O) groups is 1. The molecule has 0 aliphatic carbocycles. The lowest BCUT2D eigenvalue weighted by atomic mass is 10.1. The second kappa shape index (κ2) is 8.70. The summed E-state index contributed by atoms with van der Waals surface area (Å²) < 4.78 is 11.7. The van der Waals surface area contributed by atoms with Crippen LogP contribution in [0.5, 0.6) is 5.75 Å². The van der Waals surface area contributed by atoms with Crippen molar-refractivity contribution in [2.75, 3.05) is 25.6 Å². The fourth-order valence-corrected chi connectivity index (χ4v) is 2.91. The first kappa shape index (κ1) is 20.3. The average molecular weight is 398 g/mol. The van der Waals surface area contributed by atoms with Gasteiger partial charge in [-0.15, -0.1) is 0 Å². The van der Waals surface area contributed by atoms with Crippen molar-refractivity contribution >= 4 is 22.6 Å². The molecule has 0 aliphatic rings. The van der Waals surface area contributed by atoms with Crippen molar-refractivity contribution in [1.29, 1.82) is 0 Å². The van der Waals surface area contributed by atoms with Gasteiger partial charge in [-0.2, -0.15) is 0 Å². The van der Waals surface area contributed by atoms with Crippen molar-refractivity contribution in [2.24, 2.45) is 0 Å². The van der Waals surface area contributed by atoms with E-state index in [1.165, 1.54) is 17.7 Å². The fourth-order valence-electron chi connectivity index (χ4n) is 2.91. The Bertz CT molecular complexity index is 1150. The number of ether oxygens (including phenoxy) is 2. The molecule has 9 heteroatoms. The van der Waals surface area contributed by atoms with Crippen LogP contribution in [-0.2, 0) is 11.3 Å². The Morgan fingerprint density at radius 1 is 1.24 bits per heavy atom. The molecule has 2 N–H and O–H groups in total. The highest BCUT2D eigenvalue weighted by Gasteiger charge is 2.16. The number of nitrogens with one attached hydrogen (secondary N) is 2. The zero-order valence-corrected chi connectivity index (χ0v) is 16.4. The van der Waals surface area contributed by atoms with Crippen molar-refractivity contribution in [2.45, 2.75) is 20.4 Å². The molecule has 3 aromatic rings. The minimum atomic E-state index is -0.596. The number of fused-ring (bicyclic) bond motifs is 1. The molecular formula is C20H22N4O5. The van der Waals surface area contributed by atoms with Crippen molar-refractivity contribution in [3.63, 3.8) is 0 Å². The van der Waals surface area contributed by atoms with Crippen LogP contribution in [0.1, 0.15) is 23.0 Å². The number of hydrogen-bond donors (Lipinski definition) is 2. The molecule has 1 amide bonds. The van der Waals surface area contributed by atoms with Crippen LogP contribution < -0.4 is 21.3 Å². The maximum absolute atomic E-state index is 12.7. The van der Waals surface area contributed by atoms with E-state index in [0.717, 1.165) is 0 Å². The molecule has 29 heavy (non-hydrogen) atoms. The fraction of sp³-hybridized carbons (Fsp3) is 0.300. The minimum absolute atomic E-state index is 0.156. The molecule has 0 fully saturated rings. The van der Waals surface area contributed by atoms with Gasteiger partial charge >= 0.3 is 5.69 Å². The lowest BCUT2D eigenvalue weighted by molar-refractivity contribution is 0.102. The van der Waals surface area contributed by atoms with E-state index in [0.29, 0.717) is 23.7 Å². The van der Waals surface area contributed by atoms with E-state index >= 15 is 0 Å². The first-order valence-corrected chi connectivity index (χ1v) is 9.12. The molecule has 0 radical (unpaired) electrons. The van der Waals surface area contributed by atoms with Crippen molar-refractivity contribution in [3.8, 4) is 5.75 Å². The Balaban J connectivity index is 1.97. The van der Waals surface area contributed by atoms with E-state index in [1.807, 2.05) is 6.92 Å². The molecule has 9 nitrogen and oxygen atoms in total. The third-order valence-electron chi connectivity index (χ3n) is 4.35. The molecule has 1 aromatic carbocycles. The number of aromatic amines is 1. The van der Waals surface area contributed by atoms with Crippen molar-refractivity contribution in [3.05, 3.63) is 62.4 Å². The molecular weight excluding hydrogens is 376 g/mol. The number of methoxy groups -OCH3 is 1. The van der Waals surface area contributed by atoms with Crippen LogP contribution in [0.15, 0.2) is 39.9 Å². The van der Waals surface area contributed by atoms with Crippen molar-refractivity contribution in [1.82, 2.24) is 14.5 Å². The smallest absolute Gasteiger partial charge is 0.330 e. The summed E-state index contributed by atoms with van der Waals surface area (Å²) in [5.74, 6) is 0.296. The SMILES string of the molecule is CCOc1ccc(NC(=O)c2cc3c(=O)[nH]c(=O)n(CCOC)c3nc2C)cc1. The lowest BCUT2D eigenvalue weighted by Gasteiger charge is -2.12. The predicted molar refractivity (Wildman–Crippen MR) is 109 cm³/mol. The van der Waals surface area contributed by atoms with Gasteiger partial charge in [0.1, 0.15) is 11.4 Å². The molecule has 0 spiro atoms. The van der Waals surface area contributed by atoms with E-state index in [9.17, 15) is 14.4 Å². The second-order valence-electron chi connectivity index (χ2n) is 6.31. The number of aromatic nitrogens is 3. The Hall–Kier alpha value is -3.46. The lowest BCUT2D eigenvalue weighted by Crippen LogP contribution is -2.32. The van der Waals surface area contributed by atoms with Crippen LogP contribution in [0.2, 0.25) is 0 Å². The molecule has 0 aliphatic heterocycles. The van der Waals surface area contributed by atoms with Gasteiger partial charge < -0.3 is 14.8 Å². The minimum Gasteiger partial charge on any atom is -0.494 e. The highest BCUT2D eigenvalue weighted by molar-refractivity contribution is 6.06. The van der Waals surface area contributed by atoms with Crippen molar-refractivity contribution < 1.29 is 14.3 Å². The number of H-pyrrole nitrogens is 1. The summed E-state index contributed by atoms with van der Waals surface area (Å²) in [6, 6.07) is 8.40. The molecule has 2 aromatic heterocycles. The van der Waals surface area contributed by atoms with Gasteiger partial charge in [0.2, 0.25) is 0 Å². The number of rotatable bonds is 7. The van der Waals surface area contributed by atoms with Gasteiger partial charge in [0.05, 0.1) is 36.4 Å². The third-order valence-corrected chi connectivity index (χ3v) is 4.35. The molecule has 2 heterocycles. The standard InChI is InChI=1S/C20H22N4O5/c1-4-29-14-7-5-13(6-8-14)22-18(25)15-11-16-17(21-12(15)2)24(9-10-28-3)20(27)23-19(16)26/h5-8,11H,4,9-10H2,1-3H3,(H,22,25)(H,23,26,27). The number of aryl methyl sites for hydroxylation is 1. The number of carbonyl (C=O) groups excluding carboxylic acids is 1. The van der Waals surface area contributed by atoms with Gasteiger partial charge in [0, 0.05) is 12.8 Å². The molecule has 152 valence electrons. The maximum atomic E-state index is 12.7. The molecule has 0 saturated heterocycles. The summed E-state index contributed by atoms with van der Waals surface area (Å²) >= 11 is 0. The number of nitrogens with zero attached hydrogens (tertiary/aromatic N) is 2. The Morgan fingerprint density at radius 2 is 1.97 bits per heavy atom. The van der Waals surface area contributed by atoms with Gasteiger partial charge in [-0.25, -0.2) is 9.78 Å². The maximum Gasteiger partial charge on any atom is 0.330 e. The Labute approximate surface area is 166 Å². The van der Waals surface area contributed by atoms with Gasteiger partial charge in [-0.1, -0.05) is 0 Å². The molecule has 3 rings (SSSR count). The van der Waals surface area contributed by atoms with E-state index < -0.39 is 17.2 Å². The quantitative estimate of drug-likeness (QED) is 0.626. The summed E-state index contributed by atoms with van der Waals surface area (Å²) in [6.07, 6.45) is 0. The van der Waals surface area contributed by atoms with Gasteiger partial charge in [0.15, 0.2) is 0 Å². The zero-order chi connectivity index (χ0) is 21.0. The van der Waals surface area contributed by atoms with Crippen LogP contribution in [0.4, 0.5) is 5.69 Å². The Kier molecular flexibility index (Phi) is 6.08. The Morgan fingerprint density at radius 3 is 2.62 bits per heavy atom. The molecule has 0 unspecified atom stereocenters. The van der Waals surface area contributed by atoms with Gasteiger partial charge in [0.25, 0.3) is 11.5 Å². The monoisotopic (exact) mass is 398 g/mol. The van der Waals surface area contributed by atoms with Gasteiger partial charge in [-0.05, 0) is 44.2 Å². The third kappa shape index (κ3) is 4.35. The normalized spacial score (nSPS) is 10.9. The van der Waals surface area contributed by atoms with Crippen LogP contribution in [0, 0.1) is 6.92 Å². The largest absolute Gasteiger partial charge is 0.494 e. The number of amides is 1. The molecule has 0 saturated carbocycles. The number of pyridine rings is 1. The highest BCUT2D eigenvalue weighted by Crippen LogP contribution is 2.18. The highest BCUT2D eigenvalue weighted by atomic mass is 16.5.